The van der Waals surface area contributed by atoms with Gasteiger partial charge in [-0.1, -0.05) is 0 Å². The van der Waals surface area contributed by atoms with Crippen molar-refractivity contribution >= 4 is 5.78 Å². The van der Waals surface area contributed by atoms with Gasteiger partial charge in [0.25, 0.3) is 0 Å². The van der Waals surface area contributed by atoms with Crippen LogP contribution in [0.25, 0.3) is 0 Å². The molecule has 0 aromatic carbocycles. The van der Waals surface area contributed by atoms with Crippen LogP contribution in [-0.4, -0.2) is 20.5 Å². The second-order valence-electron chi connectivity index (χ2n) is 3.62. The van der Waals surface area contributed by atoms with Gasteiger partial charge in [-0.3, -0.25) is 4.79 Å². The van der Waals surface area contributed by atoms with Crippen LogP contribution in [0.4, 0.5) is 0 Å². The molecule has 0 saturated carbocycles. The van der Waals surface area contributed by atoms with Crippen LogP contribution >= 0.6 is 0 Å². The Morgan fingerprint density at radius 3 is 3.00 bits per heavy atom. The molecule has 0 saturated heterocycles. The van der Waals surface area contributed by atoms with Crippen molar-refractivity contribution < 1.29 is 4.79 Å². The van der Waals surface area contributed by atoms with E-state index in [0.717, 1.165) is 31.0 Å². The summed E-state index contributed by atoms with van der Waals surface area (Å²) in [6.45, 7) is 4.36. The van der Waals surface area contributed by atoms with E-state index >= 15 is 0 Å². The number of fused-ring (bicyclic) bond motifs is 1. The number of aromatic nitrogens is 3. The Bertz CT molecular complexity index is 343. The van der Waals surface area contributed by atoms with Crippen LogP contribution in [0.1, 0.15) is 25.0 Å². The molecule has 0 aliphatic carbocycles. The van der Waals surface area contributed by atoms with Crippen LogP contribution in [0.2, 0.25) is 0 Å². The summed E-state index contributed by atoms with van der Waals surface area (Å²) in [5.41, 5.74) is 0. The maximum atomic E-state index is 11.2. The molecule has 1 atom stereocenters. The van der Waals surface area contributed by atoms with Gasteiger partial charge in [0.1, 0.15) is 17.4 Å². The summed E-state index contributed by atoms with van der Waals surface area (Å²) in [6, 6.07) is 0. The Hall–Kier alpha value is -1.19. The maximum Gasteiger partial charge on any atom is 0.134 e. The van der Waals surface area contributed by atoms with E-state index < -0.39 is 0 Å². The third-order valence-corrected chi connectivity index (χ3v) is 2.71. The van der Waals surface area contributed by atoms with Crippen LogP contribution in [-0.2, 0) is 17.8 Å². The molecule has 1 aromatic rings. The predicted molar refractivity (Wildman–Crippen MR) is 47.3 cm³/mol. The van der Waals surface area contributed by atoms with Crippen molar-refractivity contribution in [3.8, 4) is 0 Å². The van der Waals surface area contributed by atoms with Gasteiger partial charge >= 0.3 is 0 Å². The third-order valence-electron chi connectivity index (χ3n) is 2.71. The minimum Gasteiger partial charge on any atom is -0.314 e. The van der Waals surface area contributed by atoms with Crippen molar-refractivity contribution in [1.29, 1.82) is 0 Å². The van der Waals surface area contributed by atoms with Crippen LogP contribution in [0.5, 0.6) is 0 Å². The van der Waals surface area contributed by atoms with E-state index in [-0.39, 0.29) is 11.7 Å². The molecule has 13 heavy (non-hydrogen) atoms. The number of aryl methyl sites for hydroxylation is 2. The number of hydrogen-bond acceptors (Lipinski definition) is 3. The molecule has 1 aliphatic rings. The SMILES string of the molecule is CC(=O)C1CCc2nnc(C)n2C1. The number of carbonyl (C=O) groups is 1. The first-order valence-electron chi connectivity index (χ1n) is 4.57. The molecule has 4 heteroatoms. The second-order valence-corrected chi connectivity index (χ2v) is 3.62. The van der Waals surface area contributed by atoms with Gasteiger partial charge in [-0.25, -0.2) is 0 Å². The molecule has 2 rings (SSSR count). The zero-order valence-corrected chi connectivity index (χ0v) is 7.95. The normalized spacial score (nSPS) is 21.2. The second kappa shape index (κ2) is 2.94. The number of rotatable bonds is 1. The molecule has 0 amide bonds. The van der Waals surface area contributed by atoms with Crippen LogP contribution in [0.3, 0.4) is 0 Å². The summed E-state index contributed by atoms with van der Waals surface area (Å²) in [5.74, 6) is 2.39. The largest absolute Gasteiger partial charge is 0.314 e. The highest BCUT2D eigenvalue weighted by Crippen LogP contribution is 2.20. The number of Topliss-reactive ketones (excluding diaryl/α,β-unsaturated/α-hetero) is 1. The lowest BCUT2D eigenvalue weighted by Gasteiger charge is -2.21. The zero-order chi connectivity index (χ0) is 9.42. The molecule has 4 nitrogen and oxygen atoms in total. The number of hydrogen-bond donors (Lipinski definition) is 0. The first-order chi connectivity index (χ1) is 6.18. The quantitative estimate of drug-likeness (QED) is 0.638. The molecule has 0 N–H and O–H groups in total. The van der Waals surface area contributed by atoms with Gasteiger partial charge in [-0.05, 0) is 20.3 Å². The average Bonchev–Trinajstić information content (AvgIpc) is 2.47. The Morgan fingerprint density at radius 2 is 2.31 bits per heavy atom. The first kappa shape index (κ1) is 8.41. The molecule has 1 aromatic heterocycles. The van der Waals surface area contributed by atoms with Gasteiger partial charge in [0.15, 0.2) is 0 Å². The zero-order valence-electron chi connectivity index (χ0n) is 7.95. The van der Waals surface area contributed by atoms with Gasteiger partial charge < -0.3 is 4.57 Å². The fraction of sp³-hybridized carbons (Fsp3) is 0.667. The van der Waals surface area contributed by atoms with Crippen LogP contribution in [0.15, 0.2) is 0 Å². The predicted octanol–water partition coefficient (Wildman–Crippen LogP) is 0.738. The fourth-order valence-electron chi connectivity index (χ4n) is 1.79. The van der Waals surface area contributed by atoms with Gasteiger partial charge in [-0.15, -0.1) is 10.2 Å². The minimum atomic E-state index is 0.169. The number of ketones is 1. The van der Waals surface area contributed by atoms with E-state index in [1.54, 1.807) is 6.92 Å². The summed E-state index contributed by atoms with van der Waals surface area (Å²) in [4.78, 5) is 11.2. The van der Waals surface area contributed by atoms with Crippen molar-refractivity contribution in [3.63, 3.8) is 0 Å². The summed E-state index contributed by atoms with van der Waals surface area (Å²) < 4.78 is 2.05. The minimum absolute atomic E-state index is 0.169. The molecule has 0 fully saturated rings. The lowest BCUT2D eigenvalue weighted by molar-refractivity contribution is -0.121. The monoisotopic (exact) mass is 179 g/mol. The summed E-state index contributed by atoms with van der Waals surface area (Å²) in [6.07, 6.45) is 1.80. The lowest BCUT2D eigenvalue weighted by Crippen LogP contribution is -2.25. The van der Waals surface area contributed by atoms with Gasteiger partial charge in [0.05, 0.1) is 0 Å². The summed E-state index contributed by atoms with van der Waals surface area (Å²) in [5, 5.41) is 8.05. The topological polar surface area (TPSA) is 47.8 Å². The lowest BCUT2D eigenvalue weighted by atomic mass is 9.96. The van der Waals surface area contributed by atoms with Crippen molar-refractivity contribution in [2.75, 3.05) is 0 Å². The number of nitrogens with zero attached hydrogens (tertiary/aromatic N) is 3. The molecular formula is C9H13N3O. The third kappa shape index (κ3) is 1.36. The van der Waals surface area contributed by atoms with E-state index in [9.17, 15) is 4.79 Å². The highest BCUT2D eigenvalue weighted by Gasteiger charge is 2.23. The van der Waals surface area contributed by atoms with Gasteiger partial charge in [0, 0.05) is 18.9 Å². The first-order valence-corrected chi connectivity index (χ1v) is 4.57. The van der Waals surface area contributed by atoms with Crippen molar-refractivity contribution in [3.05, 3.63) is 11.6 Å². The van der Waals surface area contributed by atoms with E-state index in [0.29, 0.717) is 0 Å². The molecule has 2 heterocycles. The van der Waals surface area contributed by atoms with E-state index in [1.165, 1.54) is 0 Å². The maximum absolute atomic E-state index is 11.2. The molecular weight excluding hydrogens is 166 g/mol. The Balaban J connectivity index is 2.27. The molecule has 1 unspecified atom stereocenters. The molecule has 1 aliphatic heterocycles. The average molecular weight is 179 g/mol. The highest BCUT2D eigenvalue weighted by molar-refractivity contribution is 5.78. The highest BCUT2D eigenvalue weighted by atomic mass is 16.1. The molecule has 0 bridgehead atoms. The Labute approximate surface area is 77.0 Å². The van der Waals surface area contributed by atoms with Crippen molar-refractivity contribution in [2.45, 2.75) is 33.2 Å². The van der Waals surface area contributed by atoms with Crippen molar-refractivity contribution in [1.82, 2.24) is 14.8 Å². The molecule has 0 radical (unpaired) electrons. The Morgan fingerprint density at radius 1 is 1.54 bits per heavy atom. The molecule has 0 spiro atoms. The van der Waals surface area contributed by atoms with Crippen LogP contribution < -0.4 is 0 Å². The summed E-state index contributed by atoms with van der Waals surface area (Å²) in [7, 11) is 0. The van der Waals surface area contributed by atoms with Crippen LogP contribution in [0, 0.1) is 12.8 Å². The van der Waals surface area contributed by atoms with E-state index in [1.807, 2.05) is 6.92 Å². The standard InChI is InChI=1S/C9H13N3O/c1-6(13)8-3-4-9-11-10-7(2)12(9)5-8/h8H,3-5H2,1-2H3. The smallest absolute Gasteiger partial charge is 0.134 e. The van der Waals surface area contributed by atoms with Crippen molar-refractivity contribution in [2.24, 2.45) is 5.92 Å². The van der Waals surface area contributed by atoms with Gasteiger partial charge in [-0.2, -0.15) is 0 Å². The molecule has 70 valence electrons. The van der Waals surface area contributed by atoms with Gasteiger partial charge in [0.2, 0.25) is 0 Å². The van der Waals surface area contributed by atoms with E-state index in [2.05, 4.69) is 14.8 Å². The Kier molecular flexibility index (Phi) is 1.90. The number of carbonyl (C=O) groups excluding carboxylic acids is 1. The fourth-order valence-corrected chi connectivity index (χ4v) is 1.79. The summed E-state index contributed by atoms with van der Waals surface area (Å²) >= 11 is 0. The van der Waals surface area contributed by atoms with E-state index in [4.69, 9.17) is 0 Å².